The topological polar surface area (TPSA) is 38.7 Å². The first-order valence-electron chi connectivity index (χ1n) is 15.8. The van der Waals surface area contributed by atoms with Crippen molar-refractivity contribution in [3.8, 4) is 33.5 Å². The van der Waals surface area contributed by atoms with Crippen molar-refractivity contribution >= 4 is 75.0 Å². The quantitative estimate of drug-likeness (QED) is 0.186. The number of benzene rings is 6. The summed E-state index contributed by atoms with van der Waals surface area (Å²) in [6.45, 7) is 0. The zero-order valence-electron chi connectivity index (χ0n) is 25.2. The van der Waals surface area contributed by atoms with Crippen LogP contribution < -0.4 is 0 Å². The lowest BCUT2D eigenvalue weighted by Crippen LogP contribution is -1.91. The number of para-hydroxylation sites is 1. The van der Waals surface area contributed by atoms with Crippen LogP contribution in [0.25, 0.3) is 97.2 Å². The monoisotopic (exact) mass is 615 g/mol. The second-order valence-electron chi connectivity index (χ2n) is 12.0. The molecule has 47 heavy (non-hydrogen) atoms. The predicted molar refractivity (Wildman–Crippen MR) is 199 cm³/mol. The second-order valence-corrected chi connectivity index (χ2v) is 13.0. The molecule has 0 saturated carbocycles. The molecule has 0 bridgehead atoms. The molecular weight excluding hydrogens is 591 g/mol. The van der Waals surface area contributed by atoms with E-state index in [4.69, 9.17) is 9.97 Å². The van der Waals surface area contributed by atoms with Crippen molar-refractivity contribution in [2.24, 2.45) is 0 Å². The maximum atomic E-state index is 5.27. The van der Waals surface area contributed by atoms with Gasteiger partial charge in [0.2, 0.25) is 0 Å². The summed E-state index contributed by atoms with van der Waals surface area (Å²) in [5.74, 6) is 0. The van der Waals surface area contributed by atoms with Gasteiger partial charge in [-0.2, -0.15) is 0 Å². The van der Waals surface area contributed by atoms with Gasteiger partial charge in [0, 0.05) is 65.1 Å². The predicted octanol–water partition coefficient (Wildman–Crippen LogP) is 11.9. The maximum absolute atomic E-state index is 5.27. The van der Waals surface area contributed by atoms with Gasteiger partial charge in [-0.25, -0.2) is 4.98 Å². The van der Waals surface area contributed by atoms with E-state index in [1.165, 1.54) is 36.3 Å². The Hall–Kier alpha value is -5.97. The van der Waals surface area contributed by atoms with Gasteiger partial charge < -0.3 is 0 Å². The standard InChI is InChI=1S/C43H25N3S/c1-3-14-37-34(12-1)39-35(21-20-33-31-11-2-4-15-38(31)47-43(33)39)40(46-37)29-9-5-8-28(24-29)26-16-18-27(19-17-26)36-25-30-10-6-22-44-41(30)42-32(36)13-7-23-45-42/h1-25H. The summed E-state index contributed by atoms with van der Waals surface area (Å²) >= 11 is 1.88. The van der Waals surface area contributed by atoms with Crippen LogP contribution in [-0.2, 0) is 0 Å². The number of rotatable bonds is 3. The summed E-state index contributed by atoms with van der Waals surface area (Å²) in [5, 5.41) is 8.48. The van der Waals surface area contributed by atoms with Crippen molar-refractivity contribution in [3.05, 3.63) is 152 Å². The van der Waals surface area contributed by atoms with Gasteiger partial charge in [-0.05, 0) is 58.7 Å². The molecule has 218 valence electrons. The fourth-order valence-corrected chi connectivity index (χ4v) is 8.41. The molecule has 10 rings (SSSR count). The minimum absolute atomic E-state index is 0.931. The fourth-order valence-electron chi connectivity index (χ4n) is 7.14. The summed E-state index contributed by atoms with van der Waals surface area (Å²) in [4.78, 5) is 14.6. The van der Waals surface area contributed by atoms with Gasteiger partial charge >= 0.3 is 0 Å². The Kier molecular flexibility index (Phi) is 5.74. The maximum Gasteiger partial charge on any atom is 0.0970 e. The molecule has 0 aliphatic rings. The number of aromatic nitrogens is 3. The SMILES string of the molecule is c1cc(-c2ccc(-c3cc4cccnc4c4ncccc34)cc2)cc(-c2nc3ccccc3c3c2ccc2c4ccccc4sc23)c1. The van der Waals surface area contributed by atoms with Gasteiger partial charge in [-0.3, -0.25) is 9.97 Å². The average molecular weight is 616 g/mol. The molecule has 0 aliphatic heterocycles. The summed E-state index contributed by atoms with van der Waals surface area (Å²) in [6.07, 6.45) is 3.68. The number of thiophene rings is 1. The third kappa shape index (κ3) is 4.09. The van der Waals surface area contributed by atoms with Crippen LogP contribution in [-0.4, -0.2) is 15.0 Å². The molecule has 0 N–H and O–H groups in total. The van der Waals surface area contributed by atoms with Crippen LogP contribution in [0, 0.1) is 0 Å². The van der Waals surface area contributed by atoms with E-state index in [1.807, 2.05) is 35.9 Å². The molecular formula is C43H25N3S. The Morgan fingerprint density at radius 1 is 0.447 bits per heavy atom. The Morgan fingerprint density at radius 3 is 2.09 bits per heavy atom. The van der Waals surface area contributed by atoms with E-state index in [1.54, 1.807) is 0 Å². The first-order valence-corrected chi connectivity index (χ1v) is 16.6. The number of hydrogen-bond acceptors (Lipinski definition) is 4. The lowest BCUT2D eigenvalue weighted by molar-refractivity contribution is 1.37. The molecule has 0 amide bonds. The van der Waals surface area contributed by atoms with Gasteiger partial charge in [0.1, 0.15) is 0 Å². The van der Waals surface area contributed by atoms with Crippen LogP contribution in [0.15, 0.2) is 152 Å². The highest BCUT2D eigenvalue weighted by Gasteiger charge is 2.17. The molecule has 0 unspecified atom stereocenters. The van der Waals surface area contributed by atoms with E-state index in [-0.39, 0.29) is 0 Å². The molecule has 10 aromatic rings. The second kappa shape index (κ2) is 10.3. The molecule has 4 aromatic heterocycles. The highest BCUT2D eigenvalue weighted by molar-refractivity contribution is 7.26. The average Bonchev–Trinajstić information content (AvgIpc) is 3.53. The fraction of sp³-hybridized carbons (Fsp3) is 0. The summed E-state index contributed by atoms with van der Waals surface area (Å²) in [5.41, 5.74) is 9.65. The minimum Gasteiger partial charge on any atom is -0.254 e. The van der Waals surface area contributed by atoms with Crippen molar-refractivity contribution in [2.75, 3.05) is 0 Å². The number of pyridine rings is 3. The van der Waals surface area contributed by atoms with E-state index in [2.05, 4.69) is 132 Å². The van der Waals surface area contributed by atoms with Gasteiger partial charge in [-0.1, -0.05) is 103 Å². The Morgan fingerprint density at radius 2 is 1.17 bits per heavy atom. The van der Waals surface area contributed by atoms with Crippen molar-refractivity contribution in [1.82, 2.24) is 15.0 Å². The first kappa shape index (κ1) is 26.3. The molecule has 4 heterocycles. The molecule has 0 atom stereocenters. The zero-order valence-corrected chi connectivity index (χ0v) is 26.0. The summed E-state index contributed by atoms with van der Waals surface area (Å²) in [7, 11) is 0. The highest BCUT2D eigenvalue weighted by atomic mass is 32.1. The van der Waals surface area contributed by atoms with Crippen LogP contribution in [0.4, 0.5) is 0 Å². The van der Waals surface area contributed by atoms with Gasteiger partial charge in [0.15, 0.2) is 0 Å². The molecule has 3 nitrogen and oxygen atoms in total. The van der Waals surface area contributed by atoms with Gasteiger partial charge in [0.05, 0.1) is 22.2 Å². The molecule has 0 aliphatic carbocycles. The van der Waals surface area contributed by atoms with E-state index < -0.39 is 0 Å². The van der Waals surface area contributed by atoms with Crippen LogP contribution in [0.1, 0.15) is 0 Å². The van der Waals surface area contributed by atoms with Crippen LogP contribution in [0.2, 0.25) is 0 Å². The summed E-state index contributed by atoms with van der Waals surface area (Å²) < 4.78 is 2.63. The van der Waals surface area contributed by atoms with E-state index in [9.17, 15) is 0 Å². The normalized spacial score (nSPS) is 11.8. The molecule has 0 saturated heterocycles. The van der Waals surface area contributed by atoms with Gasteiger partial charge in [0.25, 0.3) is 0 Å². The largest absolute Gasteiger partial charge is 0.254 e. The molecule has 4 heteroatoms. The van der Waals surface area contributed by atoms with Gasteiger partial charge in [-0.15, -0.1) is 11.3 Å². The van der Waals surface area contributed by atoms with E-state index in [0.29, 0.717) is 0 Å². The smallest absolute Gasteiger partial charge is 0.0970 e. The highest BCUT2D eigenvalue weighted by Crippen LogP contribution is 2.43. The van der Waals surface area contributed by atoms with Crippen molar-refractivity contribution in [3.63, 3.8) is 0 Å². The number of nitrogens with zero attached hydrogens (tertiary/aromatic N) is 3. The van der Waals surface area contributed by atoms with Crippen molar-refractivity contribution < 1.29 is 0 Å². The Bertz CT molecular complexity index is 2850. The van der Waals surface area contributed by atoms with Crippen LogP contribution in [0.3, 0.4) is 0 Å². The molecule has 6 aromatic carbocycles. The third-order valence-corrected chi connectivity index (χ3v) is 10.5. The van der Waals surface area contributed by atoms with Crippen LogP contribution >= 0.6 is 11.3 Å². The van der Waals surface area contributed by atoms with Crippen molar-refractivity contribution in [1.29, 1.82) is 0 Å². The van der Waals surface area contributed by atoms with Crippen molar-refractivity contribution in [2.45, 2.75) is 0 Å². The number of fused-ring (bicyclic) bond motifs is 10. The molecule has 0 spiro atoms. The Balaban J connectivity index is 1.12. The Labute approximate surface area is 274 Å². The molecule has 0 radical (unpaired) electrons. The third-order valence-electron chi connectivity index (χ3n) is 9.33. The number of hydrogen-bond donors (Lipinski definition) is 0. The van der Waals surface area contributed by atoms with E-state index >= 15 is 0 Å². The molecule has 0 fully saturated rings. The minimum atomic E-state index is 0.931. The lowest BCUT2D eigenvalue weighted by atomic mass is 9.94. The van der Waals surface area contributed by atoms with E-state index in [0.717, 1.165) is 60.8 Å². The zero-order chi connectivity index (χ0) is 30.9. The lowest BCUT2D eigenvalue weighted by Gasteiger charge is -2.13. The summed E-state index contributed by atoms with van der Waals surface area (Å²) in [6, 6.07) is 49.9. The first-order chi connectivity index (χ1) is 23.3. The van der Waals surface area contributed by atoms with Crippen LogP contribution in [0.5, 0.6) is 0 Å².